The van der Waals surface area contributed by atoms with Gasteiger partial charge >= 0.3 is 0 Å². The summed E-state index contributed by atoms with van der Waals surface area (Å²) in [6.07, 6.45) is 2.30. The first-order chi connectivity index (χ1) is 8.61. The Morgan fingerprint density at radius 2 is 2.39 bits per heavy atom. The highest BCUT2D eigenvalue weighted by Gasteiger charge is 2.35. The fourth-order valence-electron chi connectivity index (χ4n) is 2.00. The van der Waals surface area contributed by atoms with E-state index >= 15 is 0 Å². The van der Waals surface area contributed by atoms with Crippen LogP contribution in [0, 0.1) is 5.92 Å². The Balaban J connectivity index is 2.10. The molecule has 2 unspecified atom stereocenters. The fourth-order valence-corrected chi connectivity index (χ4v) is 2.00. The summed E-state index contributed by atoms with van der Waals surface area (Å²) >= 11 is 0. The maximum atomic E-state index is 12.3. The van der Waals surface area contributed by atoms with Gasteiger partial charge in [0.25, 0.3) is 0 Å². The van der Waals surface area contributed by atoms with Crippen LogP contribution in [0.5, 0.6) is 0 Å². The van der Waals surface area contributed by atoms with Crippen molar-refractivity contribution in [3.8, 4) is 0 Å². The minimum atomic E-state index is -0.428. The molecule has 0 aromatic carbocycles. The van der Waals surface area contributed by atoms with E-state index in [1.54, 1.807) is 6.07 Å². The summed E-state index contributed by atoms with van der Waals surface area (Å²) in [4.78, 5) is 25.4. The molecule has 0 radical (unpaired) electrons. The largest absolute Gasteiger partial charge is 0.364 e. The third kappa shape index (κ3) is 2.52. The van der Waals surface area contributed by atoms with Gasteiger partial charge in [0.2, 0.25) is 11.8 Å². The van der Waals surface area contributed by atoms with Crippen molar-refractivity contribution in [2.45, 2.75) is 32.9 Å². The predicted molar refractivity (Wildman–Crippen MR) is 63.3 cm³/mol. The van der Waals surface area contributed by atoms with E-state index < -0.39 is 6.04 Å². The summed E-state index contributed by atoms with van der Waals surface area (Å²) < 4.78 is 4.73. The number of hydrogen-bond donors (Lipinski definition) is 1. The third-order valence-corrected chi connectivity index (χ3v) is 3.29. The number of nitrogens with zero attached hydrogens (tertiary/aromatic N) is 2. The first-order valence-electron chi connectivity index (χ1n) is 6.09. The van der Waals surface area contributed by atoms with Crippen LogP contribution in [0.1, 0.15) is 26.0 Å². The molecule has 98 valence electrons. The van der Waals surface area contributed by atoms with Gasteiger partial charge in [-0.05, 0) is 5.92 Å². The minimum absolute atomic E-state index is 0.0491. The highest BCUT2D eigenvalue weighted by atomic mass is 16.5. The second-order valence-corrected chi connectivity index (χ2v) is 4.62. The van der Waals surface area contributed by atoms with Crippen molar-refractivity contribution in [1.82, 2.24) is 15.4 Å². The molecule has 2 heterocycles. The Morgan fingerprint density at radius 3 is 3.00 bits per heavy atom. The summed E-state index contributed by atoms with van der Waals surface area (Å²) in [5.74, 6) is -0.0445. The van der Waals surface area contributed by atoms with Crippen LogP contribution >= 0.6 is 0 Å². The van der Waals surface area contributed by atoms with Crippen LogP contribution in [0.3, 0.4) is 0 Å². The van der Waals surface area contributed by atoms with Crippen LogP contribution < -0.4 is 5.32 Å². The molecule has 0 spiro atoms. The Morgan fingerprint density at radius 1 is 1.61 bits per heavy atom. The van der Waals surface area contributed by atoms with Gasteiger partial charge in [-0.25, -0.2) is 0 Å². The Labute approximate surface area is 105 Å². The quantitative estimate of drug-likeness (QED) is 0.847. The molecule has 2 amide bonds. The third-order valence-electron chi connectivity index (χ3n) is 3.29. The van der Waals surface area contributed by atoms with Gasteiger partial charge < -0.3 is 14.7 Å². The minimum Gasteiger partial charge on any atom is -0.364 e. The highest BCUT2D eigenvalue weighted by Crippen LogP contribution is 2.15. The first kappa shape index (κ1) is 12.6. The van der Waals surface area contributed by atoms with E-state index in [9.17, 15) is 9.59 Å². The zero-order chi connectivity index (χ0) is 13.1. The summed E-state index contributed by atoms with van der Waals surface area (Å²) in [6, 6.07) is 1.26. The van der Waals surface area contributed by atoms with Gasteiger partial charge in [0.1, 0.15) is 24.5 Å². The molecule has 1 N–H and O–H groups in total. The molecule has 2 rings (SSSR count). The van der Waals surface area contributed by atoms with Crippen molar-refractivity contribution < 1.29 is 14.1 Å². The maximum absolute atomic E-state index is 12.3. The molecule has 6 heteroatoms. The number of nitrogens with one attached hydrogen (secondary N) is 1. The van der Waals surface area contributed by atoms with Crippen molar-refractivity contribution in [2.75, 3.05) is 6.54 Å². The zero-order valence-electron chi connectivity index (χ0n) is 10.5. The molecular weight excluding hydrogens is 234 g/mol. The van der Waals surface area contributed by atoms with E-state index in [4.69, 9.17) is 4.52 Å². The Hall–Kier alpha value is -1.85. The molecule has 18 heavy (non-hydrogen) atoms. The van der Waals surface area contributed by atoms with Crippen molar-refractivity contribution in [2.24, 2.45) is 5.92 Å². The normalized spacial score (nSPS) is 21.9. The number of carbonyl (C=O) groups excluding carboxylic acids is 2. The molecule has 0 bridgehead atoms. The second-order valence-electron chi connectivity index (χ2n) is 4.62. The van der Waals surface area contributed by atoms with Crippen molar-refractivity contribution in [3.63, 3.8) is 0 Å². The summed E-state index contributed by atoms with van der Waals surface area (Å²) in [6.45, 7) is 4.36. The zero-order valence-corrected chi connectivity index (χ0v) is 10.5. The van der Waals surface area contributed by atoms with Gasteiger partial charge in [-0.3, -0.25) is 9.59 Å². The summed E-state index contributed by atoms with van der Waals surface area (Å²) in [7, 11) is 0. The van der Waals surface area contributed by atoms with Crippen LogP contribution in [0.15, 0.2) is 16.9 Å². The molecule has 1 aliphatic rings. The molecule has 1 aromatic heterocycles. The smallest absolute Gasteiger partial charge is 0.246 e. The van der Waals surface area contributed by atoms with Crippen molar-refractivity contribution >= 4 is 11.8 Å². The number of aromatic nitrogens is 1. The van der Waals surface area contributed by atoms with Crippen LogP contribution in [-0.4, -0.2) is 34.5 Å². The molecular formula is C12H17N3O3. The number of piperazine rings is 1. The first-order valence-corrected chi connectivity index (χ1v) is 6.09. The monoisotopic (exact) mass is 251 g/mol. The molecule has 1 fully saturated rings. The molecule has 2 atom stereocenters. The van der Waals surface area contributed by atoms with Crippen LogP contribution in [0.25, 0.3) is 0 Å². The molecule has 6 nitrogen and oxygen atoms in total. The average Bonchev–Trinajstić information content (AvgIpc) is 2.85. The molecule has 1 saturated heterocycles. The summed E-state index contributed by atoms with van der Waals surface area (Å²) in [5, 5.41) is 6.51. The molecule has 0 saturated carbocycles. The molecule has 1 aliphatic heterocycles. The lowest BCUT2D eigenvalue weighted by atomic mass is 9.96. The predicted octanol–water partition coefficient (Wildman–Crippen LogP) is 0.548. The highest BCUT2D eigenvalue weighted by molar-refractivity contribution is 5.94. The van der Waals surface area contributed by atoms with Crippen LogP contribution in [0.2, 0.25) is 0 Å². The van der Waals surface area contributed by atoms with E-state index in [1.807, 2.05) is 13.8 Å². The lowest BCUT2D eigenvalue weighted by molar-refractivity contribution is -0.146. The van der Waals surface area contributed by atoms with Gasteiger partial charge in [-0.1, -0.05) is 25.4 Å². The van der Waals surface area contributed by atoms with E-state index in [0.29, 0.717) is 12.2 Å². The lowest BCUT2D eigenvalue weighted by Gasteiger charge is -2.34. The van der Waals surface area contributed by atoms with Crippen LogP contribution in [-0.2, 0) is 16.1 Å². The Kier molecular flexibility index (Phi) is 3.64. The Bertz CT molecular complexity index is 430. The molecule has 1 aromatic rings. The van der Waals surface area contributed by atoms with E-state index in [-0.39, 0.29) is 24.3 Å². The maximum Gasteiger partial charge on any atom is 0.246 e. The van der Waals surface area contributed by atoms with Crippen LogP contribution in [0.4, 0.5) is 0 Å². The van der Waals surface area contributed by atoms with Gasteiger partial charge in [0.05, 0.1) is 6.54 Å². The number of rotatable bonds is 4. The van der Waals surface area contributed by atoms with Crippen molar-refractivity contribution in [3.05, 3.63) is 18.0 Å². The topological polar surface area (TPSA) is 75.4 Å². The van der Waals surface area contributed by atoms with E-state index in [1.165, 1.54) is 11.2 Å². The van der Waals surface area contributed by atoms with Gasteiger partial charge in [0.15, 0.2) is 0 Å². The standard InChI is InChI=1S/C12H17N3O3/c1-3-8(2)11-12(17)15(7-10(16)13-11)6-9-4-5-18-14-9/h4-5,8,11H,3,6-7H2,1-2H3,(H,13,16). The van der Waals surface area contributed by atoms with Gasteiger partial charge in [-0.15, -0.1) is 0 Å². The number of hydrogen-bond acceptors (Lipinski definition) is 4. The second kappa shape index (κ2) is 5.20. The fraction of sp³-hybridized carbons (Fsp3) is 0.583. The van der Waals surface area contributed by atoms with Gasteiger partial charge in [0, 0.05) is 6.07 Å². The molecule has 0 aliphatic carbocycles. The van der Waals surface area contributed by atoms with Gasteiger partial charge in [-0.2, -0.15) is 0 Å². The lowest BCUT2D eigenvalue weighted by Crippen LogP contribution is -2.59. The SMILES string of the molecule is CCC(C)C1NC(=O)CN(Cc2ccon2)C1=O. The number of amides is 2. The summed E-state index contributed by atoms with van der Waals surface area (Å²) in [5.41, 5.74) is 0.654. The van der Waals surface area contributed by atoms with E-state index in [0.717, 1.165) is 6.42 Å². The van der Waals surface area contributed by atoms with E-state index in [2.05, 4.69) is 10.5 Å². The average molecular weight is 251 g/mol. The van der Waals surface area contributed by atoms with Crippen molar-refractivity contribution in [1.29, 1.82) is 0 Å². The number of carbonyl (C=O) groups is 2.